The number of anilines is 1. The van der Waals surface area contributed by atoms with Crippen LogP contribution in [0.2, 0.25) is 0 Å². The molecule has 1 aliphatic carbocycles. The predicted molar refractivity (Wildman–Crippen MR) is 121 cm³/mol. The smallest absolute Gasteiger partial charge is 0.256 e. The number of fused-ring (bicyclic) bond motifs is 1. The molecule has 7 nitrogen and oxygen atoms in total. The van der Waals surface area contributed by atoms with Crippen molar-refractivity contribution in [1.82, 2.24) is 9.62 Å². The third kappa shape index (κ3) is 4.26. The zero-order valence-corrected chi connectivity index (χ0v) is 19.4. The molecule has 1 aliphatic heterocycles. The zero-order valence-electron chi connectivity index (χ0n) is 17.7. The maximum atomic E-state index is 12.9. The molecule has 2 heterocycles. The van der Waals surface area contributed by atoms with E-state index in [1.54, 1.807) is 7.05 Å². The van der Waals surface area contributed by atoms with Crippen molar-refractivity contribution in [2.45, 2.75) is 43.9 Å². The van der Waals surface area contributed by atoms with Crippen LogP contribution in [-0.4, -0.2) is 44.7 Å². The van der Waals surface area contributed by atoms with Gasteiger partial charge in [-0.15, -0.1) is 11.3 Å². The number of amides is 2. The highest BCUT2D eigenvalue weighted by Gasteiger charge is 2.29. The van der Waals surface area contributed by atoms with Gasteiger partial charge in [0.15, 0.2) is 0 Å². The van der Waals surface area contributed by atoms with E-state index >= 15 is 0 Å². The van der Waals surface area contributed by atoms with Crippen LogP contribution in [0.3, 0.4) is 0 Å². The third-order valence-corrected chi connectivity index (χ3v) is 9.06. The number of aryl methyl sites for hydroxylation is 1. The highest BCUT2D eigenvalue weighted by molar-refractivity contribution is 7.89. The molecule has 2 aromatic rings. The highest BCUT2D eigenvalue weighted by atomic mass is 32.2. The molecule has 0 unspecified atom stereocenters. The molecule has 2 aliphatic rings. The van der Waals surface area contributed by atoms with Crippen LogP contribution < -0.4 is 10.6 Å². The molecule has 0 bridgehead atoms. The summed E-state index contributed by atoms with van der Waals surface area (Å²) in [5.74, 6) is -0.219. The van der Waals surface area contributed by atoms with Gasteiger partial charge in [-0.1, -0.05) is 6.92 Å². The number of benzene rings is 1. The van der Waals surface area contributed by atoms with Crippen molar-refractivity contribution in [1.29, 1.82) is 0 Å². The van der Waals surface area contributed by atoms with Gasteiger partial charge in [0, 0.05) is 30.6 Å². The van der Waals surface area contributed by atoms with Crippen LogP contribution in [-0.2, 0) is 22.9 Å². The average Bonchev–Trinajstić information content (AvgIpc) is 3.34. The van der Waals surface area contributed by atoms with E-state index in [2.05, 4.69) is 17.6 Å². The molecule has 4 rings (SSSR count). The largest absolute Gasteiger partial charge is 0.355 e. The van der Waals surface area contributed by atoms with Gasteiger partial charge in [0.2, 0.25) is 10.0 Å². The lowest BCUT2D eigenvalue weighted by atomic mass is 10.0. The van der Waals surface area contributed by atoms with E-state index in [4.69, 9.17) is 0 Å². The number of nitrogens with one attached hydrogen (secondary N) is 2. The van der Waals surface area contributed by atoms with Crippen molar-refractivity contribution in [2.24, 2.45) is 5.92 Å². The summed E-state index contributed by atoms with van der Waals surface area (Å²) in [6.45, 7) is 3.11. The maximum Gasteiger partial charge on any atom is 0.256 e. The Kier molecular flexibility index (Phi) is 6.18. The van der Waals surface area contributed by atoms with Gasteiger partial charge in [-0.3, -0.25) is 9.59 Å². The number of carbonyl (C=O) groups is 2. The standard InChI is InChI=1S/C22H27N3O4S2/c1-14-5-4-12-25(13-14)31(28,29)16-10-8-15(9-11-16)20(26)24-22-19(21(27)23-2)17-6-3-7-18(17)30-22/h8-11,14H,3-7,12-13H2,1-2H3,(H,23,27)(H,24,26)/t14-/m0/s1. The molecule has 2 amide bonds. The van der Waals surface area contributed by atoms with Gasteiger partial charge < -0.3 is 10.6 Å². The fraction of sp³-hybridized carbons (Fsp3) is 0.455. The topological polar surface area (TPSA) is 95.6 Å². The number of sulfonamides is 1. The Morgan fingerprint density at radius 3 is 2.52 bits per heavy atom. The molecule has 2 N–H and O–H groups in total. The van der Waals surface area contributed by atoms with E-state index in [-0.39, 0.29) is 16.7 Å². The molecule has 1 fully saturated rings. The van der Waals surface area contributed by atoms with E-state index in [1.807, 2.05) is 0 Å². The summed E-state index contributed by atoms with van der Waals surface area (Å²) in [6.07, 6.45) is 4.67. The molecule has 1 atom stereocenters. The lowest BCUT2D eigenvalue weighted by Gasteiger charge is -2.30. The second-order valence-electron chi connectivity index (χ2n) is 8.23. The van der Waals surface area contributed by atoms with Gasteiger partial charge in [0.25, 0.3) is 11.8 Å². The number of hydrogen-bond acceptors (Lipinski definition) is 5. The van der Waals surface area contributed by atoms with Crippen molar-refractivity contribution in [2.75, 3.05) is 25.5 Å². The van der Waals surface area contributed by atoms with Crippen molar-refractivity contribution >= 4 is 38.2 Å². The Labute approximate surface area is 186 Å². The Morgan fingerprint density at radius 2 is 1.84 bits per heavy atom. The fourth-order valence-corrected chi connectivity index (χ4v) is 7.20. The third-order valence-electron chi connectivity index (χ3n) is 5.98. The lowest BCUT2D eigenvalue weighted by molar-refractivity contribution is 0.0963. The van der Waals surface area contributed by atoms with Gasteiger partial charge >= 0.3 is 0 Å². The summed E-state index contributed by atoms with van der Waals surface area (Å²) in [5.41, 5.74) is 1.92. The number of piperidine rings is 1. The van der Waals surface area contributed by atoms with Crippen LogP contribution in [0, 0.1) is 5.92 Å². The van der Waals surface area contributed by atoms with Crippen molar-refractivity contribution in [3.8, 4) is 0 Å². The van der Waals surface area contributed by atoms with E-state index in [0.29, 0.717) is 35.1 Å². The highest BCUT2D eigenvalue weighted by Crippen LogP contribution is 2.39. The minimum atomic E-state index is -3.56. The number of carbonyl (C=O) groups excluding carboxylic acids is 2. The van der Waals surface area contributed by atoms with Crippen LogP contribution in [0.1, 0.15) is 57.3 Å². The van der Waals surface area contributed by atoms with Crippen LogP contribution in [0.5, 0.6) is 0 Å². The summed E-state index contributed by atoms with van der Waals surface area (Å²) < 4.78 is 27.4. The second-order valence-corrected chi connectivity index (χ2v) is 11.3. The van der Waals surface area contributed by atoms with Crippen LogP contribution >= 0.6 is 11.3 Å². The number of thiophene rings is 1. The average molecular weight is 462 g/mol. The summed E-state index contributed by atoms with van der Waals surface area (Å²) in [5, 5.41) is 6.06. The van der Waals surface area contributed by atoms with Gasteiger partial charge in [-0.25, -0.2) is 8.42 Å². The Morgan fingerprint density at radius 1 is 1.10 bits per heavy atom. The van der Waals surface area contributed by atoms with E-state index in [0.717, 1.165) is 42.5 Å². The molecule has 166 valence electrons. The lowest BCUT2D eigenvalue weighted by Crippen LogP contribution is -2.39. The number of hydrogen-bond donors (Lipinski definition) is 2. The van der Waals surface area contributed by atoms with Crippen molar-refractivity contribution in [3.05, 3.63) is 45.8 Å². The van der Waals surface area contributed by atoms with Crippen LogP contribution in [0.15, 0.2) is 29.2 Å². The predicted octanol–water partition coefficient (Wildman–Crippen LogP) is 3.27. The normalized spacial score (nSPS) is 19.1. The number of nitrogens with zero attached hydrogens (tertiary/aromatic N) is 1. The molecular weight excluding hydrogens is 434 g/mol. The Bertz CT molecular complexity index is 1110. The molecule has 0 saturated carbocycles. The molecule has 31 heavy (non-hydrogen) atoms. The molecule has 1 aromatic carbocycles. The quantitative estimate of drug-likeness (QED) is 0.714. The monoisotopic (exact) mass is 461 g/mol. The van der Waals surface area contributed by atoms with Gasteiger partial charge in [-0.2, -0.15) is 4.31 Å². The first kappa shape index (κ1) is 22.0. The van der Waals surface area contributed by atoms with Gasteiger partial charge in [0.1, 0.15) is 5.00 Å². The summed E-state index contributed by atoms with van der Waals surface area (Å²) >= 11 is 1.45. The first-order chi connectivity index (χ1) is 14.8. The summed E-state index contributed by atoms with van der Waals surface area (Å²) in [7, 11) is -1.99. The van der Waals surface area contributed by atoms with Crippen LogP contribution in [0.25, 0.3) is 0 Å². The Balaban J connectivity index is 1.53. The SMILES string of the molecule is CNC(=O)c1c(NC(=O)c2ccc(S(=O)(=O)N3CCC[C@H](C)C3)cc2)sc2c1CCC2. The van der Waals surface area contributed by atoms with Gasteiger partial charge in [0.05, 0.1) is 10.5 Å². The fourth-order valence-electron chi connectivity index (χ4n) is 4.32. The minimum absolute atomic E-state index is 0.194. The second kappa shape index (κ2) is 8.72. The first-order valence-electron chi connectivity index (χ1n) is 10.6. The van der Waals surface area contributed by atoms with E-state index in [9.17, 15) is 18.0 Å². The summed E-state index contributed by atoms with van der Waals surface area (Å²) in [6, 6.07) is 6.02. The first-order valence-corrected chi connectivity index (χ1v) is 12.8. The maximum absolute atomic E-state index is 12.9. The molecular formula is C22H27N3O4S2. The molecule has 0 spiro atoms. The van der Waals surface area contributed by atoms with Crippen LogP contribution in [0.4, 0.5) is 5.00 Å². The van der Waals surface area contributed by atoms with Crippen molar-refractivity contribution in [3.63, 3.8) is 0 Å². The van der Waals surface area contributed by atoms with E-state index in [1.165, 1.54) is 39.9 Å². The zero-order chi connectivity index (χ0) is 22.2. The number of rotatable bonds is 5. The molecule has 1 saturated heterocycles. The van der Waals surface area contributed by atoms with E-state index < -0.39 is 10.0 Å². The van der Waals surface area contributed by atoms with Crippen molar-refractivity contribution < 1.29 is 18.0 Å². The van der Waals surface area contributed by atoms with Gasteiger partial charge in [-0.05, 0) is 67.9 Å². The Hall–Kier alpha value is -2.23. The molecule has 0 radical (unpaired) electrons. The molecule has 1 aromatic heterocycles. The molecule has 9 heteroatoms. The minimum Gasteiger partial charge on any atom is -0.355 e. The summed E-state index contributed by atoms with van der Waals surface area (Å²) in [4.78, 5) is 26.5.